The Kier molecular flexibility index (Phi) is 6.26. The van der Waals surface area contributed by atoms with Crippen molar-refractivity contribution in [2.45, 2.75) is 17.4 Å². The van der Waals surface area contributed by atoms with Crippen molar-refractivity contribution in [2.24, 2.45) is 0 Å². The Labute approximate surface area is 152 Å². The molecule has 0 spiro atoms. The number of halogens is 3. The van der Waals surface area contributed by atoms with Gasteiger partial charge in [-0.05, 0) is 35.9 Å². The lowest BCUT2D eigenvalue weighted by atomic mass is 10.1. The topological polar surface area (TPSA) is 72.5 Å². The number of carbonyl (C=O) groups excluding carboxylic acids is 1. The highest BCUT2D eigenvalue weighted by Gasteiger charge is 2.26. The van der Waals surface area contributed by atoms with Crippen LogP contribution in [0.2, 0.25) is 0 Å². The summed E-state index contributed by atoms with van der Waals surface area (Å²) in [5, 5.41) is 0. The Morgan fingerprint density at radius 3 is 2.44 bits per heavy atom. The van der Waals surface area contributed by atoms with Crippen molar-refractivity contribution in [3.05, 3.63) is 64.1 Å². The molecule has 2 aromatic carbocycles. The van der Waals surface area contributed by atoms with Gasteiger partial charge < -0.3 is 4.74 Å². The van der Waals surface area contributed by atoms with Crippen LogP contribution in [0.1, 0.15) is 18.0 Å². The van der Waals surface area contributed by atoms with Crippen LogP contribution in [-0.2, 0) is 19.6 Å². The second kappa shape index (κ2) is 8.03. The van der Waals surface area contributed by atoms with Crippen LogP contribution in [0.3, 0.4) is 0 Å². The molecule has 0 radical (unpaired) electrons. The lowest BCUT2D eigenvalue weighted by Gasteiger charge is -2.18. The van der Waals surface area contributed by atoms with Crippen LogP contribution < -0.4 is 4.72 Å². The van der Waals surface area contributed by atoms with E-state index in [1.807, 2.05) is 0 Å². The number of methoxy groups -OCH3 is 1. The van der Waals surface area contributed by atoms with E-state index < -0.39 is 38.6 Å². The highest BCUT2D eigenvalue weighted by Crippen LogP contribution is 2.24. The fraction of sp³-hybridized carbons (Fsp3) is 0.188. The van der Waals surface area contributed by atoms with E-state index in [-0.39, 0.29) is 6.42 Å². The van der Waals surface area contributed by atoms with Gasteiger partial charge in [-0.3, -0.25) is 4.79 Å². The predicted octanol–water partition coefficient (Wildman–Crippen LogP) is 3.31. The zero-order chi connectivity index (χ0) is 18.6. The Hall–Kier alpha value is -1.84. The summed E-state index contributed by atoms with van der Waals surface area (Å²) in [6.07, 6.45) is -0.311. The molecule has 2 rings (SSSR count). The molecule has 9 heteroatoms. The summed E-state index contributed by atoms with van der Waals surface area (Å²) >= 11 is 3.25. The fourth-order valence-electron chi connectivity index (χ4n) is 2.11. The molecule has 5 nitrogen and oxygen atoms in total. The first kappa shape index (κ1) is 19.5. The molecule has 1 unspecified atom stereocenters. The SMILES string of the molecule is COC(=O)CC(NS(=O)(=O)c1cc(F)ccc1F)c1ccc(Br)cc1. The van der Waals surface area contributed by atoms with Crippen LogP contribution in [0.5, 0.6) is 0 Å². The summed E-state index contributed by atoms with van der Waals surface area (Å²) in [6, 6.07) is 7.63. The van der Waals surface area contributed by atoms with Gasteiger partial charge >= 0.3 is 5.97 Å². The maximum absolute atomic E-state index is 13.8. The molecule has 0 aromatic heterocycles. The van der Waals surface area contributed by atoms with Crippen LogP contribution in [0.4, 0.5) is 8.78 Å². The van der Waals surface area contributed by atoms with E-state index in [9.17, 15) is 22.0 Å². The standard InChI is InChI=1S/C16H14BrF2NO4S/c1-24-16(21)9-14(10-2-4-11(17)5-3-10)20-25(22,23)15-8-12(18)6-7-13(15)19/h2-8,14,20H,9H2,1H3. The van der Waals surface area contributed by atoms with Gasteiger partial charge in [0.2, 0.25) is 10.0 Å². The summed E-state index contributed by atoms with van der Waals surface area (Å²) in [5.41, 5.74) is 0.467. The lowest BCUT2D eigenvalue weighted by molar-refractivity contribution is -0.141. The molecule has 0 amide bonds. The molecule has 0 aliphatic rings. The monoisotopic (exact) mass is 433 g/mol. The van der Waals surface area contributed by atoms with Crippen molar-refractivity contribution in [1.29, 1.82) is 0 Å². The van der Waals surface area contributed by atoms with Crippen LogP contribution in [-0.4, -0.2) is 21.5 Å². The molecule has 25 heavy (non-hydrogen) atoms. The van der Waals surface area contributed by atoms with Crippen molar-refractivity contribution in [3.8, 4) is 0 Å². The number of carbonyl (C=O) groups is 1. The molecule has 0 aliphatic carbocycles. The molecule has 0 bridgehead atoms. The van der Waals surface area contributed by atoms with Crippen LogP contribution in [0.15, 0.2) is 51.8 Å². The van der Waals surface area contributed by atoms with Gasteiger partial charge in [0.1, 0.15) is 16.5 Å². The first-order valence-corrected chi connectivity index (χ1v) is 9.30. The summed E-state index contributed by atoms with van der Waals surface area (Å²) in [4.78, 5) is 10.8. The minimum atomic E-state index is -4.41. The zero-order valence-corrected chi connectivity index (χ0v) is 15.4. The van der Waals surface area contributed by atoms with Crippen molar-refractivity contribution < 1.29 is 26.7 Å². The number of sulfonamides is 1. The van der Waals surface area contributed by atoms with Crippen LogP contribution in [0, 0.1) is 11.6 Å². The normalized spacial score (nSPS) is 12.6. The molecule has 0 saturated heterocycles. The Morgan fingerprint density at radius 1 is 1.20 bits per heavy atom. The van der Waals surface area contributed by atoms with Gasteiger partial charge in [-0.2, -0.15) is 0 Å². The minimum Gasteiger partial charge on any atom is -0.469 e. The summed E-state index contributed by atoms with van der Waals surface area (Å²) < 4.78 is 59.6. The third-order valence-electron chi connectivity index (χ3n) is 3.35. The fourth-order valence-corrected chi connectivity index (χ4v) is 3.68. The minimum absolute atomic E-state index is 0.311. The van der Waals surface area contributed by atoms with Crippen LogP contribution in [0.25, 0.3) is 0 Å². The van der Waals surface area contributed by atoms with Gasteiger partial charge in [0.15, 0.2) is 0 Å². The molecule has 0 saturated carbocycles. The maximum Gasteiger partial charge on any atom is 0.307 e. The molecule has 0 heterocycles. The molecule has 0 aliphatic heterocycles. The molecule has 0 fully saturated rings. The van der Waals surface area contributed by atoms with Crippen molar-refractivity contribution in [3.63, 3.8) is 0 Å². The second-order valence-electron chi connectivity index (χ2n) is 5.08. The smallest absolute Gasteiger partial charge is 0.307 e. The summed E-state index contributed by atoms with van der Waals surface area (Å²) in [7, 11) is -3.24. The largest absolute Gasteiger partial charge is 0.469 e. The maximum atomic E-state index is 13.8. The predicted molar refractivity (Wildman–Crippen MR) is 90.2 cm³/mol. The molecular weight excluding hydrogens is 420 g/mol. The molecule has 2 aromatic rings. The van der Waals surface area contributed by atoms with Crippen LogP contribution >= 0.6 is 15.9 Å². The Morgan fingerprint density at radius 2 is 1.84 bits per heavy atom. The van der Waals surface area contributed by atoms with Gasteiger partial charge in [-0.15, -0.1) is 0 Å². The van der Waals surface area contributed by atoms with E-state index in [0.29, 0.717) is 11.6 Å². The van der Waals surface area contributed by atoms with Crippen molar-refractivity contribution >= 4 is 31.9 Å². The number of nitrogens with one attached hydrogen (secondary N) is 1. The number of hydrogen-bond acceptors (Lipinski definition) is 4. The Bertz CT molecular complexity index is 872. The first-order chi connectivity index (χ1) is 11.7. The van der Waals surface area contributed by atoms with Gasteiger partial charge in [0, 0.05) is 4.47 Å². The zero-order valence-electron chi connectivity index (χ0n) is 13.0. The highest BCUT2D eigenvalue weighted by molar-refractivity contribution is 9.10. The number of hydrogen-bond donors (Lipinski definition) is 1. The van der Waals surface area contributed by atoms with E-state index in [4.69, 9.17) is 0 Å². The Balaban J connectivity index is 2.39. The number of ether oxygens (including phenoxy) is 1. The summed E-state index contributed by atoms with van der Waals surface area (Å²) in [5.74, 6) is -2.65. The highest BCUT2D eigenvalue weighted by atomic mass is 79.9. The van der Waals surface area contributed by atoms with Gasteiger partial charge in [-0.1, -0.05) is 28.1 Å². The van der Waals surface area contributed by atoms with E-state index in [1.165, 1.54) is 7.11 Å². The van der Waals surface area contributed by atoms with E-state index in [1.54, 1.807) is 24.3 Å². The number of benzene rings is 2. The van der Waals surface area contributed by atoms with E-state index in [0.717, 1.165) is 16.6 Å². The summed E-state index contributed by atoms with van der Waals surface area (Å²) in [6.45, 7) is 0. The molecular formula is C16H14BrF2NO4S. The van der Waals surface area contributed by atoms with Crippen molar-refractivity contribution in [1.82, 2.24) is 4.72 Å². The number of rotatable bonds is 6. The second-order valence-corrected chi connectivity index (χ2v) is 7.68. The van der Waals surface area contributed by atoms with Gasteiger partial charge in [0.05, 0.1) is 19.6 Å². The molecule has 134 valence electrons. The van der Waals surface area contributed by atoms with E-state index in [2.05, 4.69) is 25.4 Å². The van der Waals surface area contributed by atoms with Gasteiger partial charge in [0.25, 0.3) is 0 Å². The average molecular weight is 434 g/mol. The van der Waals surface area contributed by atoms with E-state index >= 15 is 0 Å². The van der Waals surface area contributed by atoms with Crippen molar-refractivity contribution in [2.75, 3.05) is 7.11 Å². The third-order valence-corrected chi connectivity index (χ3v) is 5.37. The molecule has 1 atom stereocenters. The average Bonchev–Trinajstić information content (AvgIpc) is 2.56. The van der Waals surface area contributed by atoms with Gasteiger partial charge in [-0.25, -0.2) is 21.9 Å². The number of esters is 1. The first-order valence-electron chi connectivity index (χ1n) is 7.02. The lowest BCUT2D eigenvalue weighted by Crippen LogP contribution is -2.31. The third kappa shape index (κ3) is 5.07. The quantitative estimate of drug-likeness (QED) is 0.709. The molecule has 1 N–H and O–H groups in total.